The van der Waals surface area contributed by atoms with Gasteiger partial charge in [-0.15, -0.1) is 0 Å². The summed E-state index contributed by atoms with van der Waals surface area (Å²) in [5, 5.41) is 54.7. The van der Waals surface area contributed by atoms with Crippen LogP contribution in [0.4, 0.5) is 0 Å². The highest BCUT2D eigenvalue weighted by Crippen LogP contribution is 2.31. The maximum Gasteiger partial charge on any atom is 0.336 e. The molecule has 2 saturated heterocycles. The van der Waals surface area contributed by atoms with Crippen molar-refractivity contribution in [2.75, 3.05) is 6.61 Å². The van der Waals surface area contributed by atoms with Gasteiger partial charge in [0.2, 0.25) is 12.2 Å². The van der Waals surface area contributed by atoms with Gasteiger partial charge >= 0.3 is 5.63 Å². The Labute approximate surface area is 211 Å². The Bertz CT molecular complexity index is 1170. The van der Waals surface area contributed by atoms with Crippen molar-refractivity contribution >= 4 is 16.9 Å². The topological polar surface area (TPSA) is 197 Å². The third-order valence-electron chi connectivity index (χ3n) is 6.50. The standard InChI is InChI=1S/C24H31NO12/c1-9-6-16(28)35-14-7-12(4-5-13(9)14)34-23-17(25-11(3)27)19(30)22(15(8-26)36-23)37-24-21(32)20(31)18(29)10(2)33-24/h4-7,10,15,17-24,26,29-32H,8H2,1-3H3,(H,25,27)/t10-,15-,17+,18+,19-,20+,21-,22+,23-,24+/m1/s1. The molecule has 10 atom stereocenters. The maximum absolute atomic E-state index is 11.9. The highest BCUT2D eigenvalue weighted by atomic mass is 16.7. The van der Waals surface area contributed by atoms with E-state index in [0.717, 1.165) is 0 Å². The molecule has 204 valence electrons. The number of aliphatic hydroxyl groups is 5. The minimum absolute atomic E-state index is 0.196. The molecule has 37 heavy (non-hydrogen) atoms. The molecule has 4 rings (SSSR count). The first-order chi connectivity index (χ1) is 17.5. The van der Waals surface area contributed by atoms with Crippen molar-refractivity contribution < 1.29 is 53.7 Å². The van der Waals surface area contributed by atoms with Crippen LogP contribution in [0.15, 0.2) is 33.5 Å². The number of carbonyl (C=O) groups is 1. The summed E-state index contributed by atoms with van der Waals surface area (Å²) in [5.74, 6) is -0.328. The van der Waals surface area contributed by atoms with Gasteiger partial charge in [-0.1, -0.05) is 0 Å². The fraction of sp³-hybridized carbons (Fsp3) is 0.583. The SMILES string of the molecule is CC(=O)N[C@@H]1[C@H](Oc2ccc3c(C)cc(=O)oc3c2)O[C@H](CO)[C@H](O[C@@H]2O[C@H](C)[C@H](O)[C@H](O)[C@H]2O)[C@@H]1O. The monoisotopic (exact) mass is 525 g/mol. The molecule has 0 spiro atoms. The normalized spacial score (nSPS) is 36.3. The smallest absolute Gasteiger partial charge is 0.336 e. The maximum atomic E-state index is 11.9. The first-order valence-corrected chi connectivity index (χ1v) is 11.8. The molecule has 0 aliphatic carbocycles. The lowest BCUT2D eigenvalue weighted by atomic mass is 9.95. The van der Waals surface area contributed by atoms with E-state index < -0.39 is 79.5 Å². The first kappa shape index (κ1) is 27.4. The largest absolute Gasteiger partial charge is 0.462 e. The molecule has 2 aliphatic heterocycles. The van der Waals surface area contributed by atoms with Gasteiger partial charge in [-0.3, -0.25) is 4.79 Å². The first-order valence-electron chi connectivity index (χ1n) is 11.8. The average molecular weight is 526 g/mol. The van der Waals surface area contributed by atoms with E-state index in [0.29, 0.717) is 10.9 Å². The molecule has 0 unspecified atom stereocenters. The van der Waals surface area contributed by atoms with Crippen LogP contribution in [0.25, 0.3) is 11.0 Å². The zero-order chi connectivity index (χ0) is 27.0. The number of carbonyl (C=O) groups excluding carboxylic acids is 1. The molecule has 2 fully saturated rings. The third kappa shape index (κ3) is 5.63. The van der Waals surface area contributed by atoms with E-state index in [1.54, 1.807) is 19.1 Å². The lowest BCUT2D eigenvalue weighted by molar-refractivity contribution is -0.339. The Kier molecular flexibility index (Phi) is 8.16. The number of nitrogens with one attached hydrogen (secondary N) is 1. The molecule has 0 saturated carbocycles. The quantitative estimate of drug-likeness (QED) is 0.234. The van der Waals surface area contributed by atoms with Crippen molar-refractivity contribution in [1.82, 2.24) is 5.32 Å². The number of aryl methyl sites for hydroxylation is 1. The zero-order valence-electron chi connectivity index (χ0n) is 20.4. The van der Waals surface area contributed by atoms with Gasteiger partial charge in [-0.05, 0) is 31.5 Å². The van der Waals surface area contributed by atoms with Crippen molar-refractivity contribution in [3.63, 3.8) is 0 Å². The summed E-state index contributed by atoms with van der Waals surface area (Å²) in [6, 6.07) is 4.87. The summed E-state index contributed by atoms with van der Waals surface area (Å²) in [4.78, 5) is 23.7. The van der Waals surface area contributed by atoms with Gasteiger partial charge in [0.05, 0.1) is 12.7 Å². The predicted octanol–water partition coefficient (Wildman–Crippen LogP) is -1.72. The molecule has 2 aliphatic rings. The van der Waals surface area contributed by atoms with Gasteiger partial charge in [0.1, 0.15) is 54.0 Å². The lowest BCUT2D eigenvalue weighted by Gasteiger charge is -2.46. The summed E-state index contributed by atoms with van der Waals surface area (Å²) in [6.07, 6.45) is -12.4. The second kappa shape index (κ2) is 11.0. The Morgan fingerprint density at radius 1 is 1.03 bits per heavy atom. The molecule has 3 heterocycles. The molecule has 1 aromatic heterocycles. The molecular formula is C24H31NO12. The van der Waals surface area contributed by atoms with E-state index >= 15 is 0 Å². The van der Waals surface area contributed by atoms with Crippen LogP contribution < -0.4 is 15.7 Å². The zero-order valence-corrected chi connectivity index (χ0v) is 20.4. The van der Waals surface area contributed by atoms with E-state index in [1.165, 1.54) is 26.0 Å². The number of rotatable bonds is 6. The van der Waals surface area contributed by atoms with Crippen LogP contribution in [0, 0.1) is 6.92 Å². The van der Waals surface area contributed by atoms with Crippen molar-refractivity contribution in [3.05, 3.63) is 40.2 Å². The lowest BCUT2D eigenvalue weighted by Crippen LogP contribution is -2.67. The highest BCUT2D eigenvalue weighted by Gasteiger charge is 2.51. The minimum atomic E-state index is -1.67. The molecule has 0 radical (unpaired) electrons. The highest BCUT2D eigenvalue weighted by molar-refractivity contribution is 5.81. The Balaban J connectivity index is 1.58. The molecule has 1 amide bonds. The van der Waals surface area contributed by atoms with Gasteiger partial charge in [0.25, 0.3) is 0 Å². The van der Waals surface area contributed by atoms with Crippen molar-refractivity contribution in [1.29, 1.82) is 0 Å². The van der Waals surface area contributed by atoms with Crippen molar-refractivity contribution in [2.45, 2.75) is 82.1 Å². The Morgan fingerprint density at radius 3 is 2.43 bits per heavy atom. The molecule has 2 aromatic rings. The number of benzene rings is 1. The van der Waals surface area contributed by atoms with Gasteiger partial charge in [0.15, 0.2) is 6.29 Å². The number of ether oxygens (including phenoxy) is 4. The van der Waals surface area contributed by atoms with Gasteiger partial charge in [-0.2, -0.15) is 0 Å². The van der Waals surface area contributed by atoms with E-state index in [9.17, 15) is 35.1 Å². The van der Waals surface area contributed by atoms with E-state index in [2.05, 4.69) is 5.32 Å². The molecule has 13 nitrogen and oxygen atoms in total. The number of aliphatic hydroxyl groups excluding tert-OH is 5. The summed E-state index contributed by atoms with van der Waals surface area (Å²) in [6.45, 7) is 3.79. The summed E-state index contributed by atoms with van der Waals surface area (Å²) < 4.78 is 28.1. The van der Waals surface area contributed by atoms with Crippen LogP contribution >= 0.6 is 0 Å². The van der Waals surface area contributed by atoms with E-state index in [-0.39, 0.29) is 11.3 Å². The van der Waals surface area contributed by atoms with Gasteiger partial charge in [-0.25, -0.2) is 4.79 Å². The van der Waals surface area contributed by atoms with Crippen molar-refractivity contribution in [2.24, 2.45) is 0 Å². The molecule has 6 N–H and O–H groups in total. The van der Waals surface area contributed by atoms with E-state index in [4.69, 9.17) is 23.4 Å². The predicted molar refractivity (Wildman–Crippen MR) is 124 cm³/mol. The number of hydrogen-bond donors (Lipinski definition) is 6. The van der Waals surface area contributed by atoms with Crippen LogP contribution in [0.2, 0.25) is 0 Å². The second-order valence-corrected chi connectivity index (χ2v) is 9.25. The number of hydrogen-bond acceptors (Lipinski definition) is 12. The number of amides is 1. The van der Waals surface area contributed by atoms with Crippen LogP contribution in [-0.4, -0.2) is 99.4 Å². The molecular weight excluding hydrogens is 494 g/mol. The van der Waals surface area contributed by atoms with Crippen LogP contribution in [0.1, 0.15) is 19.4 Å². The van der Waals surface area contributed by atoms with Crippen LogP contribution in [0.5, 0.6) is 5.75 Å². The van der Waals surface area contributed by atoms with Crippen LogP contribution in [-0.2, 0) is 19.0 Å². The second-order valence-electron chi connectivity index (χ2n) is 9.25. The van der Waals surface area contributed by atoms with Crippen LogP contribution in [0.3, 0.4) is 0 Å². The van der Waals surface area contributed by atoms with Gasteiger partial charge in [0, 0.05) is 24.4 Å². The number of fused-ring (bicyclic) bond motifs is 1. The summed E-state index contributed by atoms with van der Waals surface area (Å²) >= 11 is 0. The summed E-state index contributed by atoms with van der Waals surface area (Å²) in [5.41, 5.74) is 0.424. The molecule has 1 aromatic carbocycles. The molecule has 13 heteroatoms. The van der Waals surface area contributed by atoms with Gasteiger partial charge < -0.3 is 54.2 Å². The fourth-order valence-electron chi connectivity index (χ4n) is 4.52. The average Bonchev–Trinajstić information content (AvgIpc) is 2.84. The third-order valence-corrected chi connectivity index (χ3v) is 6.50. The summed E-state index contributed by atoms with van der Waals surface area (Å²) in [7, 11) is 0. The fourth-order valence-corrected chi connectivity index (χ4v) is 4.52. The van der Waals surface area contributed by atoms with Crippen molar-refractivity contribution in [3.8, 4) is 5.75 Å². The Morgan fingerprint density at radius 2 is 1.76 bits per heavy atom. The minimum Gasteiger partial charge on any atom is -0.462 e. The van der Waals surface area contributed by atoms with E-state index in [1.807, 2.05) is 0 Å². The molecule has 0 bridgehead atoms. The Hall–Kier alpha value is -2.62.